The normalized spacial score (nSPS) is 13.8. The third-order valence-electron chi connectivity index (χ3n) is 4.82. The first-order chi connectivity index (χ1) is 12.7. The fraction of sp³-hybridized carbons (Fsp3) is 0.350. The van der Waals surface area contributed by atoms with Gasteiger partial charge in [-0.3, -0.25) is 4.79 Å². The molecule has 0 saturated heterocycles. The summed E-state index contributed by atoms with van der Waals surface area (Å²) in [6.07, 6.45) is 2.13. The molecule has 0 unspecified atom stereocenters. The molecule has 26 heavy (non-hydrogen) atoms. The van der Waals surface area contributed by atoms with Gasteiger partial charge in [0.1, 0.15) is 11.3 Å². The SMILES string of the molecule is CCn1nnc2cc(C(=O)N(Cc3ccc(OC)cc3)C3CC3)ccc21. The lowest BCUT2D eigenvalue weighted by Crippen LogP contribution is -2.32. The van der Waals surface area contributed by atoms with Crippen molar-refractivity contribution in [3.8, 4) is 5.75 Å². The summed E-state index contributed by atoms with van der Waals surface area (Å²) < 4.78 is 7.04. The van der Waals surface area contributed by atoms with E-state index in [0.717, 1.165) is 41.7 Å². The van der Waals surface area contributed by atoms with E-state index in [9.17, 15) is 4.79 Å². The van der Waals surface area contributed by atoms with Crippen LogP contribution in [0.25, 0.3) is 11.0 Å². The van der Waals surface area contributed by atoms with Gasteiger partial charge >= 0.3 is 0 Å². The number of fused-ring (bicyclic) bond motifs is 1. The molecule has 1 aromatic heterocycles. The standard InChI is InChI=1S/C20H22N4O2/c1-3-24-19-11-6-15(12-18(19)21-22-24)20(25)23(16-7-8-16)13-14-4-9-17(26-2)10-5-14/h4-6,9-12,16H,3,7-8,13H2,1-2H3. The molecule has 134 valence electrons. The molecule has 0 radical (unpaired) electrons. The number of aromatic nitrogens is 3. The Morgan fingerprint density at radius 2 is 2.00 bits per heavy atom. The van der Waals surface area contributed by atoms with Crippen molar-refractivity contribution in [2.24, 2.45) is 0 Å². The van der Waals surface area contributed by atoms with Crippen molar-refractivity contribution in [3.63, 3.8) is 0 Å². The third kappa shape index (κ3) is 3.14. The average Bonchev–Trinajstić information content (AvgIpc) is 3.44. The van der Waals surface area contributed by atoms with Crippen LogP contribution >= 0.6 is 0 Å². The Morgan fingerprint density at radius 3 is 2.65 bits per heavy atom. The first-order valence-corrected chi connectivity index (χ1v) is 8.96. The van der Waals surface area contributed by atoms with Crippen LogP contribution in [0.5, 0.6) is 5.75 Å². The molecule has 1 aliphatic carbocycles. The van der Waals surface area contributed by atoms with Crippen LogP contribution in [0.3, 0.4) is 0 Å². The molecule has 6 nitrogen and oxygen atoms in total. The lowest BCUT2D eigenvalue weighted by Gasteiger charge is -2.23. The number of methoxy groups -OCH3 is 1. The van der Waals surface area contributed by atoms with E-state index >= 15 is 0 Å². The highest BCUT2D eigenvalue weighted by molar-refractivity contribution is 5.97. The summed E-state index contributed by atoms with van der Waals surface area (Å²) in [6.45, 7) is 3.39. The minimum Gasteiger partial charge on any atom is -0.497 e. The number of benzene rings is 2. The summed E-state index contributed by atoms with van der Waals surface area (Å²) in [6, 6.07) is 13.9. The van der Waals surface area contributed by atoms with Gasteiger partial charge in [-0.1, -0.05) is 17.3 Å². The second kappa shape index (κ2) is 6.78. The largest absolute Gasteiger partial charge is 0.497 e. The van der Waals surface area contributed by atoms with Gasteiger partial charge in [0.2, 0.25) is 0 Å². The zero-order valence-corrected chi connectivity index (χ0v) is 15.1. The number of hydrogen-bond donors (Lipinski definition) is 0. The molecule has 4 rings (SSSR count). The molecule has 1 amide bonds. The van der Waals surface area contributed by atoms with E-state index in [1.54, 1.807) is 7.11 Å². The monoisotopic (exact) mass is 350 g/mol. The van der Waals surface area contributed by atoms with Crippen LogP contribution in [-0.4, -0.2) is 39.0 Å². The fourth-order valence-electron chi connectivity index (χ4n) is 3.19. The van der Waals surface area contributed by atoms with Gasteiger partial charge in [-0.25, -0.2) is 4.68 Å². The van der Waals surface area contributed by atoms with Gasteiger partial charge in [0.25, 0.3) is 5.91 Å². The Balaban J connectivity index is 1.58. The van der Waals surface area contributed by atoms with Crippen LogP contribution in [-0.2, 0) is 13.1 Å². The van der Waals surface area contributed by atoms with Crippen LogP contribution in [0.2, 0.25) is 0 Å². The number of hydrogen-bond acceptors (Lipinski definition) is 4. The van der Waals surface area contributed by atoms with E-state index in [4.69, 9.17) is 4.74 Å². The van der Waals surface area contributed by atoms with E-state index < -0.39 is 0 Å². The zero-order valence-electron chi connectivity index (χ0n) is 15.1. The number of carbonyl (C=O) groups is 1. The van der Waals surface area contributed by atoms with E-state index in [-0.39, 0.29) is 5.91 Å². The number of ether oxygens (including phenoxy) is 1. The molecule has 2 aromatic carbocycles. The molecule has 0 spiro atoms. The number of nitrogens with zero attached hydrogens (tertiary/aromatic N) is 4. The zero-order chi connectivity index (χ0) is 18.1. The fourth-order valence-corrected chi connectivity index (χ4v) is 3.19. The summed E-state index contributed by atoms with van der Waals surface area (Å²) >= 11 is 0. The molecule has 1 fully saturated rings. The average molecular weight is 350 g/mol. The molecular weight excluding hydrogens is 328 g/mol. The minimum absolute atomic E-state index is 0.0521. The van der Waals surface area contributed by atoms with Crippen LogP contribution < -0.4 is 4.74 Å². The predicted octanol–water partition coefficient (Wildman–Crippen LogP) is 3.26. The first kappa shape index (κ1) is 16.6. The van der Waals surface area contributed by atoms with Crippen molar-refractivity contribution < 1.29 is 9.53 Å². The number of aryl methyl sites for hydroxylation is 1. The van der Waals surface area contributed by atoms with Crippen molar-refractivity contribution in [3.05, 3.63) is 53.6 Å². The Bertz CT molecular complexity index is 929. The Hall–Kier alpha value is -2.89. The highest BCUT2D eigenvalue weighted by Crippen LogP contribution is 2.30. The molecule has 0 aliphatic heterocycles. The molecule has 1 saturated carbocycles. The van der Waals surface area contributed by atoms with Crippen molar-refractivity contribution >= 4 is 16.9 Å². The number of carbonyl (C=O) groups excluding carboxylic acids is 1. The van der Waals surface area contributed by atoms with Gasteiger partial charge < -0.3 is 9.64 Å². The molecule has 1 aliphatic rings. The lowest BCUT2D eigenvalue weighted by molar-refractivity contribution is 0.0730. The maximum atomic E-state index is 13.1. The van der Waals surface area contributed by atoms with Crippen molar-refractivity contribution in [2.45, 2.75) is 38.9 Å². The third-order valence-corrected chi connectivity index (χ3v) is 4.82. The maximum Gasteiger partial charge on any atom is 0.254 e. The maximum absolute atomic E-state index is 13.1. The van der Waals surface area contributed by atoms with Gasteiger partial charge in [-0.2, -0.15) is 0 Å². The summed E-state index contributed by atoms with van der Waals surface area (Å²) in [5, 5.41) is 8.30. The molecule has 1 heterocycles. The van der Waals surface area contributed by atoms with E-state index in [0.29, 0.717) is 18.2 Å². The molecule has 0 atom stereocenters. The quantitative estimate of drug-likeness (QED) is 0.685. The van der Waals surface area contributed by atoms with Gasteiger partial charge in [-0.05, 0) is 55.7 Å². The number of amides is 1. The van der Waals surface area contributed by atoms with Crippen LogP contribution in [0, 0.1) is 0 Å². The summed E-state index contributed by atoms with van der Waals surface area (Å²) in [7, 11) is 1.65. The Labute approximate surface area is 152 Å². The first-order valence-electron chi connectivity index (χ1n) is 8.96. The van der Waals surface area contributed by atoms with Crippen molar-refractivity contribution in [2.75, 3.05) is 7.11 Å². The number of rotatable bonds is 6. The van der Waals surface area contributed by atoms with Crippen molar-refractivity contribution in [1.29, 1.82) is 0 Å². The van der Waals surface area contributed by atoms with E-state index in [1.165, 1.54) is 0 Å². The van der Waals surface area contributed by atoms with Crippen LogP contribution in [0.15, 0.2) is 42.5 Å². The highest BCUT2D eigenvalue weighted by atomic mass is 16.5. The van der Waals surface area contributed by atoms with Gasteiger partial charge in [0.15, 0.2) is 0 Å². The van der Waals surface area contributed by atoms with Gasteiger partial charge in [0, 0.05) is 24.7 Å². The van der Waals surface area contributed by atoms with Gasteiger partial charge in [0.05, 0.1) is 12.6 Å². The van der Waals surface area contributed by atoms with Crippen LogP contribution in [0.4, 0.5) is 0 Å². The molecular formula is C20H22N4O2. The topological polar surface area (TPSA) is 60.2 Å². The lowest BCUT2D eigenvalue weighted by atomic mass is 10.1. The van der Waals surface area contributed by atoms with Gasteiger partial charge in [-0.15, -0.1) is 5.10 Å². The molecule has 0 bridgehead atoms. The second-order valence-corrected chi connectivity index (χ2v) is 6.62. The molecule has 6 heteroatoms. The Kier molecular flexibility index (Phi) is 4.32. The van der Waals surface area contributed by atoms with E-state index in [1.807, 2.05) is 59.0 Å². The smallest absolute Gasteiger partial charge is 0.254 e. The second-order valence-electron chi connectivity index (χ2n) is 6.62. The predicted molar refractivity (Wildman–Crippen MR) is 99.1 cm³/mol. The summed E-state index contributed by atoms with van der Waals surface area (Å²) in [4.78, 5) is 15.1. The van der Waals surface area contributed by atoms with Crippen LogP contribution in [0.1, 0.15) is 35.7 Å². The summed E-state index contributed by atoms with van der Waals surface area (Å²) in [5.41, 5.74) is 3.49. The van der Waals surface area contributed by atoms with Crippen molar-refractivity contribution in [1.82, 2.24) is 19.9 Å². The van der Waals surface area contributed by atoms with E-state index in [2.05, 4.69) is 10.3 Å². The summed E-state index contributed by atoms with van der Waals surface area (Å²) in [5.74, 6) is 0.874. The highest BCUT2D eigenvalue weighted by Gasteiger charge is 2.33. The Morgan fingerprint density at radius 1 is 1.23 bits per heavy atom. The molecule has 0 N–H and O–H groups in total. The molecule has 3 aromatic rings. The minimum atomic E-state index is 0.0521.